The Balaban J connectivity index is 2.15. The molecule has 0 fully saturated rings. The largest absolute Gasteiger partial charge is 0.464 e. The summed E-state index contributed by atoms with van der Waals surface area (Å²) in [5.74, 6) is -0.269. The lowest BCUT2D eigenvalue weighted by Crippen LogP contribution is -2.01. The van der Waals surface area contributed by atoms with E-state index in [4.69, 9.17) is 4.42 Å². The van der Waals surface area contributed by atoms with E-state index in [1.165, 1.54) is 0 Å². The Morgan fingerprint density at radius 2 is 1.67 bits per heavy atom. The maximum Gasteiger partial charge on any atom is 0.134 e. The van der Waals surface area contributed by atoms with Gasteiger partial charge in [0.2, 0.25) is 0 Å². The first kappa shape index (κ1) is 10.8. The smallest absolute Gasteiger partial charge is 0.134 e. The zero-order valence-electron chi connectivity index (χ0n) is 9.74. The summed E-state index contributed by atoms with van der Waals surface area (Å²) in [4.78, 5) is 11.4. The number of furan rings is 1. The first-order valence-electron chi connectivity index (χ1n) is 5.86. The summed E-state index contributed by atoms with van der Waals surface area (Å²) in [6, 6.07) is 17.5. The molecule has 88 valence electrons. The number of carbonyl (C=O) groups is 1. The van der Waals surface area contributed by atoms with E-state index >= 15 is 0 Å². The standard InChI is InChI=1S/C16H12O2/c17-10-14(12-6-2-1-3-7-12)15-11-18-16-9-5-4-8-13(15)16/h1-11,14H/t14-/m0/s1. The van der Waals surface area contributed by atoms with Crippen LogP contribution in [-0.4, -0.2) is 6.29 Å². The summed E-state index contributed by atoms with van der Waals surface area (Å²) in [6.45, 7) is 0. The number of aldehydes is 1. The third-order valence-electron chi connectivity index (χ3n) is 3.14. The number of benzene rings is 2. The molecule has 0 spiro atoms. The van der Waals surface area contributed by atoms with Gasteiger partial charge in [0, 0.05) is 10.9 Å². The molecule has 1 heterocycles. The topological polar surface area (TPSA) is 30.2 Å². The second-order valence-corrected chi connectivity index (χ2v) is 4.21. The highest BCUT2D eigenvalue weighted by Crippen LogP contribution is 2.30. The van der Waals surface area contributed by atoms with Gasteiger partial charge < -0.3 is 9.21 Å². The molecular weight excluding hydrogens is 224 g/mol. The van der Waals surface area contributed by atoms with Gasteiger partial charge in [-0.1, -0.05) is 48.5 Å². The van der Waals surface area contributed by atoms with Crippen molar-refractivity contribution in [2.24, 2.45) is 0 Å². The van der Waals surface area contributed by atoms with E-state index in [1.54, 1.807) is 6.26 Å². The van der Waals surface area contributed by atoms with Crippen LogP contribution >= 0.6 is 0 Å². The maximum absolute atomic E-state index is 11.4. The summed E-state index contributed by atoms with van der Waals surface area (Å²) in [5.41, 5.74) is 2.72. The van der Waals surface area contributed by atoms with Crippen molar-refractivity contribution < 1.29 is 9.21 Å². The van der Waals surface area contributed by atoms with Crippen molar-refractivity contribution in [1.29, 1.82) is 0 Å². The summed E-state index contributed by atoms with van der Waals surface area (Å²) < 4.78 is 5.49. The Kier molecular flexibility index (Phi) is 2.69. The molecule has 1 atom stereocenters. The molecule has 2 aromatic carbocycles. The summed E-state index contributed by atoms with van der Waals surface area (Å²) >= 11 is 0. The van der Waals surface area contributed by atoms with Crippen LogP contribution in [0, 0.1) is 0 Å². The number of fused-ring (bicyclic) bond motifs is 1. The molecule has 18 heavy (non-hydrogen) atoms. The fraction of sp³-hybridized carbons (Fsp3) is 0.0625. The molecular formula is C16H12O2. The van der Waals surface area contributed by atoms with Gasteiger partial charge in [-0.2, -0.15) is 0 Å². The van der Waals surface area contributed by atoms with Crippen LogP contribution in [0.1, 0.15) is 17.0 Å². The second-order valence-electron chi connectivity index (χ2n) is 4.21. The molecule has 0 saturated carbocycles. The Morgan fingerprint density at radius 3 is 2.44 bits per heavy atom. The van der Waals surface area contributed by atoms with Crippen LogP contribution in [0.25, 0.3) is 11.0 Å². The van der Waals surface area contributed by atoms with Crippen molar-refractivity contribution in [2.45, 2.75) is 5.92 Å². The van der Waals surface area contributed by atoms with E-state index in [-0.39, 0.29) is 5.92 Å². The van der Waals surface area contributed by atoms with Crippen LogP contribution in [0.5, 0.6) is 0 Å². The molecule has 1 aromatic heterocycles. The van der Waals surface area contributed by atoms with Gasteiger partial charge in [0.1, 0.15) is 11.9 Å². The van der Waals surface area contributed by atoms with E-state index in [2.05, 4.69) is 0 Å². The van der Waals surface area contributed by atoms with E-state index in [0.29, 0.717) is 0 Å². The molecule has 0 aliphatic rings. The van der Waals surface area contributed by atoms with Crippen LogP contribution in [0.4, 0.5) is 0 Å². The average Bonchev–Trinajstić information content (AvgIpc) is 2.85. The van der Waals surface area contributed by atoms with E-state index in [9.17, 15) is 4.79 Å². The fourth-order valence-electron chi connectivity index (χ4n) is 2.23. The Bertz CT molecular complexity index is 668. The molecule has 0 saturated heterocycles. The van der Waals surface area contributed by atoms with Gasteiger partial charge in [0.15, 0.2) is 0 Å². The van der Waals surface area contributed by atoms with Gasteiger partial charge in [-0.25, -0.2) is 0 Å². The first-order valence-corrected chi connectivity index (χ1v) is 5.86. The predicted octanol–water partition coefficient (Wildman–Crippen LogP) is 3.76. The van der Waals surface area contributed by atoms with Crippen LogP contribution < -0.4 is 0 Å². The van der Waals surface area contributed by atoms with Crippen LogP contribution in [-0.2, 0) is 4.79 Å². The van der Waals surface area contributed by atoms with Crippen molar-refractivity contribution in [3.63, 3.8) is 0 Å². The van der Waals surface area contributed by atoms with E-state index in [0.717, 1.165) is 28.4 Å². The van der Waals surface area contributed by atoms with E-state index in [1.807, 2.05) is 54.6 Å². The predicted molar refractivity (Wildman–Crippen MR) is 70.6 cm³/mol. The monoisotopic (exact) mass is 236 g/mol. The third kappa shape index (κ3) is 1.72. The molecule has 3 rings (SSSR count). The molecule has 2 nitrogen and oxygen atoms in total. The van der Waals surface area contributed by atoms with Gasteiger partial charge in [-0.3, -0.25) is 0 Å². The lowest BCUT2D eigenvalue weighted by molar-refractivity contribution is -0.108. The molecule has 0 unspecified atom stereocenters. The van der Waals surface area contributed by atoms with Gasteiger partial charge >= 0.3 is 0 Å². The number of carbonyl (C=O) groups excluding carboxylic acids is 1. The van der Waals surface area contributed by atoms with Crippen LogP contribution in [0.3, 0.4) is 0 Å². The van der Waals surface area contributed by atoms with E-state index < -0.39 is 0 Å². The van der Waals surface area contributed by atoms with Crippen molar-refractivity contribution in [2.75, 3.05) is 0 Å². The molecule has 3 aromatic rings. The Hall–Kier alpha value is -2.35. The lowest BCUT2D eigenvalue weighted by Gasteiger charge is -2.08. The van der Waals surface area contributed by atoms with Crippen molar-refractivity contribution in [3.8, 4) is 0 Å². The van der Waals surface area contributed by atoms with Crippen LogP contribution in [0.2, 0.25) is 0 Å². The highest BCUT2D eigenvalue weighted by molar-refractivity contribution is 5.86. The zero-order chi connectivity index (χ0) is 12.4. The molecule has 0 aliphatic carbocycles. The molecule has 2 heteroatoms. The number of para-hydroxylation sites is 1. The highest BCUT2D eigenvalue weighted by atomic mass is 16.3. The molecule has 0 N–H and O–H groups in total. The second kappa shape index (κ2) is 4.49. The lowest BCUT2D eigenvalue weighted by atomic mass is 9.92. The number of hydrogen-bond acceptors (Lipinski definition) is 2. The average molecular weight is 236 g/mol. The SMILES string of the molecule is O=C[C@@H](c1ccccc1)c1coc2ccccc12. The quantitative estimate of drug-likeness (QED) is 0.648. The van der Waals surface area contributed by atoms with Gasteiger partial charge in [-0.05, 0) is 11.6 Å². The number of hydrogen-bond donors (Lipinski definition) is 0. The van der Waals surface area contributed by atoms with Gasteiger partial charge in [-0.15, -0.1) is 0 Å². The van der Waals surface area contributed by atoms with Gasteiger partial charge in [0.25, 0.3) is 0 Å². The minimum atomic E-state index is -0.269. The molecule has 0 radical (unpaired) electrons. The van der Waals surface area contributed by atoms with Crippen molar-refractivity contribution in [1.82, 2.24) is 0 Å². The molecule has 0 aliphatic heterocycles. The van der Waals surface area contributed by atoms with Crippen LogP contribution in [0.15, 0.2) is 65.3 Å². The molecule has 0 bridgehead atoms. The Labute approximate surface area is 105 Å². The normalized spacial score (nSPS) is 12.4. The summed E-state index contributed by atoms with van der Waals surface area (Å²) in [5, 5.41) is 0.999. The minimum Gasteiger partial charge on any atom is -0.464 e. The van der Waals surface area contributed by atoms with Gasteiger partial charge in [0.05, 0.1) is 12.2 Å². The minimum absolute atomic E-state index is 0.269. The Morgan fingerprint density at radius 1 is 0.944 bits per heavy atom. The first-order chi connectivity index (χ1) is 8.90. The summed E-state index contributed by atoms with van der Waals surface area (Å²) in [7, 11) is 0. The van der Waals surface area contributed by atoms with Crippen molar-refractivity contribution in [3.05, 3.63) is 72.0 Å². The maximum atomic E-state index is 11.4. The molecule has 0 amide bonds. The zero-order valence-corrected chi connectivity index (χ0v) is 9.74. The highest BCUT2D eigenvalue weighted by Gasteiger charge is 2.17. The number of rotatable bonds is 3. The summed E-state index contributed by atoms with van der Waals surface area (Å²) in [6.07, 6.45) is 2.64. The fourth-order valence-corrected chi connectivity index (χ4v) is 2.23. The third-order valence-corrected chi connectivity index (χ3v) is 3.14. The van der Waals surface area contributed by atoms with Crippen molar-refractivity contribution >= 4 is 17.3 Å².